The van der Waals surface area contributed by atoms with Gasteiger partial charge in [0.25, 0.3) is 0 Å². The van der Waals surface area contributed by atoms with E-state index in [1.54, 1.807) is 26.2 Å². The lowest BCUT2D eigenvalue weighted by atomic mass is 9.75. The lowest BCUT2D eigenvalue weighted by Gasteiger charge is -2.42. The number of halogens is 1. The Morgan fingerprint density at radius 2 is 1.96 bits per heavy atom. The van der Waals surface area contributed by atoms with Crippen molar-refractivity contribution in [3.05, 3.63) is 47.2 Å². The van der Waals surface area contributed by atoms with Crippen molar-refractivity contribution in [3.63, 3.8) is 0 Å². The summed E-state index contributed by atoms with van der Waals surface area (Å²) in [5.74, 6) is 0.931. The highest BCUT2D eigenvalue weighted by molar-refractivity contribution is 6.30. The van der Waals surface area contributed by atoms with Gasteiger partial charge in [-0.05, 0) is 51.5 Å². The molecule has 136 valence electrons. The molecule has 0 bridgehead atoms. The summed E-state index contributed by atoms with van der Waals surface area (Å²) >= 11 is 6.07. The minimum Gasteiger partial charge on any atom is -0.487 e. The van der Waals surface area contributed by atoms with Gasteiger partial charge in [0.15, 0.2) is 11.3 Å². The molecule has 0 radical (unpaired) electrons. The first-order chi connectivity index (χ1) is 12.1. The zero-order valence-corrected chi connectivity index (χ0v) is 16.1. The third-order valence-corrected chi connectivity index (χ3v) is 4.69. The first kappa shape index (κ1) is 18.4. The van der Waals surface area contributed by atoms with E-state index < -0.39 is 11.1 Å². The number of Topliss-reactive ketones (excluding diaryl/α,β-unsaturated/α-hetero) is 1. The summed E-state index contributed by atoms with van der Waals surface area (Å²) in [7, 11) is 0. The van der Waals surface area contributed by atoms with Crippen molar-refractivity contribution in [2.75, 3.05) is 0 Å². The number of nitrogens with zero attached hydrogens (tertiary/aromatic N) is 2. The number of hydrogen-bond acceptors (Lipinski definition) is 4. The van der Waals surface area contributed by atoms with E-state index in [1.807, 2.05) is 38.1 Å². The molecule has 1 atom stereocenters. The summed E-state index contributed by atoms with van der Waals surface area (Å²) in [6, 6.07) is 7.55. The Balaban J connectivity index is 2.26. The van der Waals surface area contributed by atoms with Crippen LogP contribution in [0.1, 0.15) is 39.7 Å². The van der Waals surface area contributed by atoms with E-state index in [0.29, 0.717) is 28.6 Å². The molecular formula is C20H22ClN3O2. The second kappa shape index (κ2) is 6.40. The van der Waals surface area contributed by atoms with E-state index in [0.717, 1.165) is 11.1 Å². The maximum atomic E-state index is 12.8. The molecule has 1 aliphatic heterocycles. The van der Waals surface area contributed by atoms with Gasteiger partial charge in [-0.2, -0.15) is 0 Å². The Hall–Kier alpha value is -2.40. The van der Waals surface area contributed by atoms with E-state index in [4.69, 9.17) is 22.1 Å². The molecule has 0 aliphatic carbocycles. The first-order valence-electron chi connectivity index (χ1n) is 8.40. The van der Waals surface area contributed by atoms with Crippen LogP contribution in [-0.4, -0.2) is 22.2 Å². The molecule has 0 spiro atoms. The van der Waals surface area contributed by atoms with Crippen molar-refractivity contribution < 1.29 is 9.53 Å². The van der Waals surface area contributed by atoms with Gasteiger partial charge in [-0.1, -0.05) is 17.7 Å². The highest BCUT2D eigenvalue weighted by Gasteiger charge is 2.49. The van der Waals surface area contributed by atoms with Crippen LogP contribution < -0.4 is 10.5 Å². The Morgan fingerprint density at radius 3 is 2.58 bits per heavy atom. The van der Waals surface area contributed by atoms with Crippen molar-refractivity contribution in [1.82, 2.24) is 4.98 Å². The van der Waals surface area contributed by atoms with Crippen LogP contribution in [0, 0.1) is 0 Å². The molecule has 6 heteroatoms. The number of carbonyl (C=O) groups is 1. The summed E-state index contributed by atoms with van der Waals surface area (Å²) in [4.78, 5) is 21.5. The SMILES string of the molecule is CC(=O)C1(N=C(C)N)CC(C)(C)Oc2ccc(-c3cncc(Cl)c3)cc21. The fourth-order valence-corrected chi connectivity index (χ4v) is 3.70. The highest BCUT2D eigenvalue weighted by atomic mass is 35.5. The molecule has 0 saturated heterocycles. The molecule has 1 aromatic carbocycles. The largest absolute Gasteiger partial charge is 0.487 e. The molecule has 2 heterocycles. The predicted octanol–water partition coefficient (Wildman–Crippen LogP) is 4.12. The number of aromatic nitrogens is 1. The average Bonchev–Trinajstić information content (AvgIpc) is 2.52. The van der Waals surface area contributed by atoms with Crippen molar-refractivity contribution in [2.45, 2.75) is 45.3 Å². The zero-order chi connectivity index (χ0) is 19.1. The normalized spacial score (nSPS) is 21.7. The number of hydrogen-bond donors (Lipinski definition) is 1. The van der Waals surface area contributed by atoms with Crippen LogP contribution >= 0.6 is 11.6 Å². The number of amidine groups is 1. The molecule has 0 fully saturated rings. The maximum absolute atomic E-state index is 12.8. The summed E-state index contributed by atoms with van der Waals surface area (Å²) in [5.41, 5.74) is 6.73. The second-order valence-electron chi connectivity index (χ2n) is 7.31. The third-order valence-electron chi connectivity index (χ3n) is 4.48. The van der Waals surface area contributed by atoms with Gasteiger partial charge in [-0.15, -0.1) is 0 Å². The Morgan fingerprint density at radius 1 is 1.23 bits per heavy atom. The van der Waals surface area contributed by atoms with E-state index in [9.17, 15) is 4.79 Å². The van der Waals surface area contributed by atoms with Crippen LogP contribution in [0.5, 0.6) is 5.75 Å². The van der Waals surface area contributed by atoms with Gasteiger partial charge in [0.2, 0.25) is 0 Å². The number of nitrogens with two attached hydrogens (primary N) is 1. The van der Waals surface area contributed by atoms with E-state index in [2.05, 4.69) is 9.98 Å². The maximum Gasteiger partial charge on any atom is 0.162 e. The molecule has 26 heavy (non-hydrogen) atoms. The van der Waals surface area contributed by atoms with Crippen LogP contribution in [0.4, 0.5) is 0 Å². The molecule has 1 aromatic heterocycles. The van der Waals surface area contributed by atoms with Crippen molar-refractivity contribution in [2.24, 2.45) is 10.7 Å². The number of ether oxygens (including phenoxy) is 1. The quantitative estimate of drug-likeness (QED) is 0.650. The number of rotatable bonds is 3. The predicted molar refractivity (Wildman–Crippen MR) is 104 cm³/mol. The summed E-state index contributed by atoms with van der Waals surface area (Å²) in [5, 5.41) is 0.547. The molecule has 2 N–H and O–H groups in total. The van der Waals surface area contributed by atoms with Gasteiger partial charge in [0, 0.05) is 29.9 Å². The van der Waals surface area contributed by atoms with Gasteiger partial charge in [-0.3, -0.25) is 14.8 Å². The highest BCUT2D eigenvalue weighted by Crippen LogP contribution is 2.48. The molecule has 0 amide bonds. The number of carbonyl (C=O) groups excluding carboxylic acids is 1. The van der Waals surface area contributed by atoms with Crippen LogP contribution in [0.2, 0.25) is 5.02 Å². The second-order valence-corrected chi connectivity index (χ2v) is 7.75. The van der Waals surface area contributed by atoms with Crippen LogP contribution in [-0.2, 0) is 10.3 Å². The van der Waals surface area contributed by atoms with Gasteiger partial charge in [0.05, 0.1) is 10.9 Å². The van der Waals surface area contributed by atoms with Gasteiger partial charge < -0.3 is 10.5 Å². The Bertz CT molecular complexity index is 904. The molecular weight excluding hydrogens is 350 g/mol. The van der Waals surface area contributed by atoms with Crippen LogP contribution in [0.25, 0.3) is 11.1 Å². The van der Waals surface area contributed by atoms with E-state index in [1.165, 1.54) is 0 Å². The lowest BCUT2D eigenvalue weighted by molar-refractivity contribution is -0.125. The zero-order valence-electron chi connectivity index (χ0n) is 15.3. The minimum absolute atomic E-state index is 0.0682. The number of aliphatic imine (C=N–C) groups is 1. The summed E-state index contributed by atoms with van der Waals surface area (Å²) < 4.78 is 6.12. The molecule has 2 aromatic rings. The van der Waals surface area contributed by atoms with Gasteiger partial charge in [0.1, 0.15) is 11.4 Å². The van der Waals surface area contributed by atoms with E-state index >= 15 is 0 Å². The number of benzene rings is 1. The number of fused-ring (bicyclic) bond motifs is 1. The Kier molecular flexibility index (Phi) is 4.53. The number of pyridine rings is 1. The lowest BCUT2D eigenvalue weighted by Crippen LogP contribution is -2.47. The molecule has 1 aliphatic rings. The van der Waals surface area contributed by atoms with Crippen LogP contribution in [0.3, 0.4) is 0 Å². The monoisotopic (exact) mass is 371 g/mol. The standard InChI is InChI=1S/C20H22ClN3O2/c1-12(25)20(24-13(2)22)11-19(3,4)26-18-6-5-14(8-17(18)20)15-7-16(21)10-23-9-15/h5-10H,11H2,1-4H3,(H2,22,24). The minimum atomic E-state index is -1.07. The first-order valence-corrected chi connectivity index (χ1v) is 8.78. The summed E-state index contributed by atoms with van der Waals surface area (Å²) in [6.07, 6.45) is 3.72. The fraction of sp³-hybridized carbons (Fsp3) is 0.350. The molecule has 0 saturated carbocycles. The van der Waals surface area contributed by atoms with Crippen molar-refractivity contribution >= 4 is 23.2 Å². The average molecular weight is 372 g/mol. The fourth-order valence-electron chi connectivity index (χ4n) is 3.53. The smallest absolute Gasteiger partial charge is 0.162 e. The molecule has 3 rings (SSSR count). The van der Waals surface area contributed by atoms with Crippen molar-refractivity contribution in [1.29, 1.82) is 0 Å². The van der Waals surface area contributed by atoms with E-state index in [-0.39, 0.29) is 5.78 Å². The van der Waals surface area contributed by atoms with Crippen molar-refractivity contribution in [3.8, 4) is 16.9 Å². The Labute approximate surface area is 158 Å². The third kappa shape index (κ3) is 3.31. The molecule has 1 unspecified atom stereocenters. The molecule has 5 nitrogen and oxygen atoms in total. The number of ketones is 1. The van der Waals surface area contributed by atoms with Gasteiger partial charge in [-0.25, -0.2) is 0 Å². The summed E-state index contributed by atoms with van der Waals surface area (Å²) in [6.45, 7) is 7.14. The van der Waals surface area contributed by atoms with Gasteiger partial charge >= 0.3 is 0 Å². The van der Waals surface area contributed by atoms with Crippen LogP contribution in [0.15, 0.2) is 41.7 Å². The topological polar surface area (TPSA) is 77.6 Å².